The molecule has 0 radical (unpaired) electrons. The summed E-state index contributed by atoms with van der Waals surface area (Å²) in [7, 11) is 0. The highest BCUT2D eigenvalue weighted by Crippen LogP contribution is 2.30. The fraction of sp³-hybridized carbons (Fsp3) is 0.375. The Morgan fingerprint density at radius 3 is 2.95 bits per heavy atom. The number of hydrogen-bond donors (Lipinski definition) is 2. The number of aliphatic hydroxyl groups excluding tert-OH is 1. The van der Waals surface area contributed by atoms with E-state index in [1.165, 1.54) is 11.3 Å². The van der Waals surface area contributed by atoms with Gasteiger partial charge in [0.25, 0.3) is 0 Å². The van der Waals surface area contributed by atoms with Gasteiger partial charge in [-0.05, 0) is 25.8 Å². The van der Waals surface area contributed by atoms with Crippen molar-refractivity contribution in [1.82, 2.24) is 10.3 Å². The predicted molar refractivity (Wildman–Crippen MR) is 90.2 cm³/mol. The van der Waals surface area contributed by atoms with Crippen LogP contribution in [0, 0.1) is 0 Å². The molecule has 1 aromatic carbocycles. The van der Waals surface area contributed by atoms with E-state index >= 15 is 0 Å². The van der Waals surface area contributed by atoms with E-state index in [4.69, 9.17) is 16.7 Å². The van der Waals surface area contributed by atoms with Crippen molar-refractivity contribution in [2.45, 2.75) is 32.2 Å². The van der Waals surface area contributed by atoms with E-state index in [0.29, 0.717) is 11.4 Å². The Morgan fingerprint density at radius 2 is 2.23 bits per heavy atom. The first kappa shape index (κ1) is 16.9. The number of thiazole rings is 1. The second-order valence-electron chi connectivity index (χ2n) is 5.14. The van der Waals surface area contributed by atoms with Crippen LogP contribution in [0.4, 0.5) is 0 Å². The van der Waals surface area contributed by atoms with Crippen LogP contribution in [-0.2, 0) is 11.2 Å². The molecule has 1 amide bonds. The fourth-order valence-corrected chi connectivity index (χ4v) is 3.25. The van der Waals surface area contributed by atoms with Crippen molar-refractivity contribution in [2.75, 3.05) is 6.61 Å². The third-order valence-corrected chi connectivity index (χ3v) is 4.45. The highest BCUT2D eigenvalue weighted by molar-refractivity contribution is 7.13. The number of nitrogens with zero attached hydrogens (tertiary/aromatic N) is 1. The van der Waals surface area contributed by atoms with Crippen LogP contribution in [0.15, 0.2) is 29.6 Å². The predicted octanol–water partition coefficient (Wildman–Crippen LogP) is 3.28. The van der Waals surface area contributed by atoms with Crippen molar-refractivity contribution in [3.8, 4) is 10.6 Å². The number of rotatable bonds is 7. The summed E-state index contributed by atoms with van der Waals surface area (Å²) < 4.78 is 0. The molecule has 2 N–H and O–H groups in total. The Labute approximate surface area is 139 Å². The molecule has 1 aromatic heterocycles. The molecule has 0 spiro atoms. The maximum atomic E-state index is 12.0. The van der Waals surface area contributed by atoms with Gasteiger partial charge in [-0.3, -0.25) is 4.79 Å². The molecule has 2 rings (SSSR count). The lowest BCUT2D eigenvalue weighted by atomic mass is 10.2. The summed E-state index contributed by atoms with van der Waals surface area (Å²) in [6.45, 7) is 2.08. The number of nitrogens with one attached hydrogen (secondary N) is 1. The number of aliphatic hydroxyl groups is 1. The van der Waals surface area contributed by atoms with Crippen molar-refractivity contribution in [3.05, 3.63) is 40.4 Å². The molecule has 1 heterocycles. The second kappa shape index (κ2) is 8.27. The Bertz CT molecular complexity index is 630. The van der Waals surface area contributed by atoms with Crippen molar-refractivity contribution in [2.24, 2.45) is 0 Å². The van der Waals surface area contributed by atoms with Gasteiger partial charge in [0, 0.05) is 23.6 Å². The maximum Gasteiger partial charge on any atom is 0.226 e. The molecular weight excluding hydrogens is 320 g/mol. The van der Waals surface area contributed by atoms with Crippen LogP contribution >= 0.6 is 22.9 Å². The van der Waals surface area contributed by atoms with Crippen molar-refractivity contribution in [3.63, 3.8) is 0 Å². The van der Waals surface area contributed by atoms with E-state index in [-0.39, 0.29) is 25.0 Å². The van der Waals surface area contributed by atoms with Crippen LogP contribution in [0.25, 0.3) is 10.6 Å². The summed E-state index contributed by atoms with van der Waals surface area (Å²) in [5, 5.41) is 15.1. The minimum absolute atomic E-state index is 0.0542. The van der Waals surface area contributed by atoms with Crippen LogP contribution in [0.3, 0.4) is 0 Å². The first-order valence-corrected chi connectivity index (χ1v) is 8.45. The van der Waals surface area contributed by atoms with E-state index in [1.54, 1.807) is 0 Å². The Balaban J connectivity index is 1.95. The van der Waals surface area contributed by atoms with Crippen molar-refractivity contribution in [1.29, 1.82) is 0 Å². The van der Waals surface area contributed by atoms with E-state index in [9.17, 15) is 4.79 Å². The second-order valence-corrected chi connectivity index (χ2v) is 6.40. The molecular formula is C16H19ClN2O2S. The number of halogens is 1. The van der Waals surface area contributed by atoms with Crippen molar-refractivity contribution >= 4 is 28.8 Å². The van der Waals surface area contributed by atoms with Gasteiger partial charge in [-0.15, -0.1) is 11.3 Å². The summed E-state index contributed by atoms with van der Waals surface area (Å²) in [6.07, 6.45) is 1.71. The molecule has 0 saturated carbocycles. The molecule has 1 atom stereocenters. The van der Waals surface area contributed by atoms with Gasteiger partial charge in [-0.1, -0.05) is 29.8 Å². The summed E-state index contributed by atoms with van der Waals surface area (Å²) in [5.74, 6) is -0.0542. The first-order chi connectivity index (χ1) is 10.6. The van der Waals surface area contributed by atoms with E-state index in [1.807, 2.05) is 36.6 Å². The topological polar surface area (TPSA) is 62.2 Å². The third kappa shape index (κ3) is 4.80. The Morgan fingerprint density at radius 1 is 1.45 bits per heavy atom. The van der Waals surface area contributed by atoms with Gasteiger partial charge in [0.15, 0.2) is 0 Å². The monoisotopic (exact) mass is 338 g/mol. The smallest absolute Gasteiger partial charge is 0.226 e. The van der Waals surface area contributed by atoms with Crippen LogP contribution in [0.1, 0.15) is 25.5 Å². The van der Waals surface area contributed by atoms with Gasteiger partial charge in [-0.25, -0.2) is 4.98 Å². The summed E-state index contributed by atoms with van der Waals surface area (Å²) >= 11 is 7.64. The highest BCUT2D eigenvalue weighted by atomic mass is 35.5. The SMILES string of the molecule is CC(CCCO)NC(=O)Cc1csc(-c2ccccc2Cl)n1. The fourth-order valence-electron chi connectivity index (χ4n) is 2.11. The van der Waals surface area contributed by atoms with E-state index in [0.717, 1.165) is 22.7 Å². The maximum absolute atomic E-state index is 12.0. The zero-order valence-electron chi connectivity index (χ0n) is 12.4. The molecule has 0 aliphatic rings. The Hall–Kier alpha value is -1.43. The number of amides is 1. The molecule has 2 aromatic rings. The average molecular weight is 339 g/mol. The lowest BCUT2D eigenvalue weighted by Crippen LogP contribution is -2.33. The lowest BCUT2D eigenvalue weighted by molar-refractivity contribution is -0.121. The molecule has 1 unspecified atom stereocenters. The summed E-state index contributed by atoms with van der Waals surface area (Å²) in [4.78, 5) is 16.4. The van der Waals surface area contributed by atoms with Crippen LogP contribution in [0.2, 0.25) is 5.02 Å². The number of carbonyl (C=O) groups is 1. The van der Waals surface area contributed by atoms with Crippen molar-refractivity contribution < 1.29 is 9.90 Å². The molecule has 6 heteroatoms. The number of aromatic nitrogens is 1. The minimum Gasteiger partial charge on any atom is -0.396 e. The first-order valence-electron chi connectivity index (χ1n) is 7.19. The average Bonchev–Trinajstić information content (AvgIpc) is 2.93. The van der Waals surface area contributed by atoms with E-state index in [2.05, 4.69) is 10.3 Å². The summed E-state index contributed by atoms with van der Waals surface area (Å²) in [6, 6.07) is 7.59. The quantitative estimate of drug-likeness (QED) is 0.814. The number of hydrogen-bond acceptors (Lipinski definition) is 4. The molecule has 118 valence electrons. The number of carbonyl (C=O) groups excluding carboxylic acids is 1. The van der Waals surface area contributed by atoms with Gasteiger partial charge in [0.2, 0.25) is 5.91 Å². The molecule has 0 aliphatic heterocycles. The standard InChI is InChI=1S/C16H19ClN2O2S/c1-11(5-4-8-20)18-15(21)9-12-10-22-16(19-12)13-6-2-3-7-14(13)17/h2-3,6-7,10-11,20H,4-5,8-9H2,1H3,(H,18,21). The summed E-state index contributed by atoms with van der Waals surface area (Å²) in [5.41, 5.74) is 1.63. The molecule has 22 heavy (non-hydrogen) atoms. The molecule has 0 fully saturated rings. The third-order valence-electron chi connectivity index (χ3n) is 3.20. The molecule has 0 saturated heterocycles. The van der Waals surface area contributed by atoms with Gasteiger partial charge < -0.3 is 10.4 Å². The van der Waals surface area contributed by atoms with Gasteiger partial charge >= 0.3 is 0 Å². The zero-order valence-corrected chi connectivity index (χ0v) is 14.0. The van der Waals surface area contributed by atoms with Crippen LogP contribution in [-0.4, -0.2) is 28.6 Å². The molecule has 0 aliphatic carbocycles. The zero-order chi connectivity index (χ0) is 15.9. The molecule has 0 bridgehead atoms. The van der Waals surface area contributed by atoms with E-state index < -0.39 is 0 Å². The Kier molecular flexibility index (Phi) is 6.36. The largest absolute Gasteiger partial charge is 0.396 e. The van der Waals surface area contributed by atoms with Crippen LogP contribution < -0.4 is 5.32 Å². The van der Waals surface area contributed by atoms with Gasteiger partial charge in [0.05, 0.1) is 17.1 Å². The number of benzene rings is 1. The van der Waals surface area contributed by atoms with Gasteiger partial charge in [0.1, 0.15) is 5.01 Å². The van der Waals surface area contributed by atoms with Gasteiger partial charge in [-0.2, -0.15) is 0 Å². The van der Waals surface area contributed by atoms with Crippen LogP contribution in [0.5, 0.6) is 0 Å². The lowest BCUT2D eigenvalue weighted by Gasteiger charge is -2.12. The highest BCUT2D eigenvalue weighted by Gasteiger charge is 2.12. The minimum atomic E-state index is -0.0542. The normalized spacial score (nSPS) is 12.1. The molecule has 4 nitrogen and oxygen atoms in total.